The lowest BCUT2D eigenvalue weighted by molar-refractivity contribution is -0.384. The minimum absolute atomic E-state index is 0.0128. The van der Waals surface area contributed by atoms with Crippen molar-refractivity contribution in [1.82, 2.24) is 9.78 Å². The van der Waals surface area contributed by atoms with Crippen LogP contribution in [0.4, 0.5) is 11.4 Å². The highest BCUT2D eigenvalue weighted by atomic mass is 16.6. The molecule has 7 heteroatoms. The van der Waals surface area contributed by atoms with Gasteiger partial charge in [0.2, 0.25) is 5.91 Å². The number of rotatable bonds is 5. The SMILES string of the molecule is O=C(/C=C/c1ccc([N+](=O)[O-])cc1)Nc1ccc(-n2cccn2)cc1. The number of amides is 1. The number of nitro benzene ring substituents is 1. The maximum atomic E-state index is 12.0. The Morgan fingerprint density at radius 3 is 2.44 bits per heavy atom. The Bertz CT molecular complexity index is 899. The largest absolute Gasteiger partial charge is 0.323 e. The second kappa shape index (κ2) is 7.22. The zero-order valence-electron chi connectivity index (χ0n) is 13.1. The van der Waals surface area contributed by atoms with Crippen LogP contribution in [0.25, 0.3) is 11.8 Å². The van der Waals surface area contributed by atoms with Crippen LogP contribution in [0.2, 0.25) is 0 Å². The van der Waals surface area contributed by atoms with E-state index >= 15 is 0 Å². The van der Waals surface area contributed by atoms with Crippen LogP contribution in [-0.4, -0.2) is 20.6 Å². The number of hydrogen-bond donors (Lipinski definition) is 1. The molecule has 0 atom stereocenters. The molecule has 2 aromatic carbocycles. The molecule has 7 nitrogen and oxygen atoms in total. The van der Waals surface area contributed by atoms with E-state index in [0.29, 0.717) is 11.3 Å². The van der Waals surface area contributed by atoms with Crippen LogP contribution in [0.5, 0.6) is 0 Å². The molecule has 0 saturated heterocycles. The molecule has 0 bridgehead atoms. The van der Waals surface area contributed by atoms with Crippen LogP contribution in [-0.2, 0) is 4.79 Å². The number of carbonyl (C=O) groups is 1. The van der Waals surface area contributed by atoms with Crippen LogP contribution >= 0.6 is 0 Å². The molecule has 1 N–H and O–H groups in total. The second-order valence-electron chi connectivity index (χ2n) is 5.17. The van der Waals surface area contributed by atoms with Crippen LogP contribution in [0.15, 0.2) is 73.1 Å². The quantitative estimate of drug-likeness (QED) is 0.440. The first-order valence-electron chi connectivity index (χ1n) is 7.45. The Morgan fingerprint density at radius 2 is 1.84 bits per heavy atom. The molecule has 1 aromatic heterocycles. The Labute approximate surface area is 143 Å². The fraction of sp³-hybridized carbons (Fsp3) is 0. The summed E-state index contributed by atoms with van der Waals surface area (Å²) in [6, 6.07) is 15.1. The maximum Gasteiger partial charge on any atom is 0.269 e. The Kier molecular flexibility index (Phi) is 4.66. The molecule has 0 unspecified atom stereocenters. The van der Waals surface area contributed by atoms with Gasteiger partial charge in [0.05, 0.1) is 10.6 Å². The molecule has 0 aliphatic heterocycles. The predicted molar refractivity (Wildman–Crippen MR) is 94.3 cm³/mol. The third-order valence-corrected chi connectivity index (χ3v) is 3.43. The van der Waals surface area contributed by atoms with Gasteiger partial charge in [-0.15, -0.1) is 0 Å². The Morgan fingerprint density at radius 1 is 1.12 bits per heavy atom. The van der Waals surface area contributed by atoms with Crippen molar-refractivity contribution >= 4 is 23.4 Å². The fourth-order valence-electron chi connectivity index (χ4n) is 2.18. The van der Waals surface area contributed by atoms with Crippen LogP contribution in [0, 0.1) is 10.1 Å². The molecule has 0 aliphatic carbocycles. The molecular weight excluding hydrogens is 320 g/mol. The van der Waals surface area contributed by atoms with Crippen molar-refractivity contribution < 1.29 is 9.72 Å². The smallest absolute Gasteiger partial charge is 0.269 e. The summed E-state index contributed by atoms with van der Waals surface area (Å²) in [4.78, 5) is 22.1. The van der Waals surface area contributed by atoms with E-state index in [1.165, 1.54) is 18.2 Å². The van der Waals surface area contributed by atoms with Crippen LogP contribution in [0.3, 0.4) is 0 Å². The number of aromatic nitrogens is 2. The minimum atomic E-state index is -0.465. The van der Waals surface area contributed by atoms with Gasteiger partial charge in [-0.25, -0.2) is 4.68 Å². The molecule has 124 valence electrons. The number of non-ortho nitro benzene ring substituents is 1. The third-order valence-electron chi connectivity index (χ3n) is 3.43. The van der Waals surface area contributed by atoms with E-state index in [9.17, 15) is 14.9 Å². The summed E-state index contributed by atoms with van der Waals surface area (Å²) in [6.07, 6.45) is 6.50. The van der Waals surface area contributed by atoms with Crippen molar-refractivity contribution in [3.8, 4) is 5.69 Å². The Balaban J connectivity index is 1.61. The van der Waals surface area contributed by atoms with Crippen LogP contribution < -0.4 is 5.32 Å². The van der Waals surface area contributed by atoms with Gasteiger partial charge in [-0.3, -0.25) is 14.9 Å². The number of anilines is 1. The number of nitro groups is 1. The summed E-state index contributed by atoms with van der Waals surface area (Å²) in [5, 5.41) is 17.5. The highest BCUT2D eigenvalue weighted by Crippen LogP contribution is 2.14. The molecule has 0 fully saturated rings. The third kappa shape index (κ3) is 4.17. The van der Waals surface area contributed by atoms with Gasteiger partial charge >= 0.3 is 0 Å². The molecule has 0 radical (unpaired) electrons. The van der Waals surface area contributed by atoms with Crippen LogP contribution in [0.1, 0.15) is 5.56 Å². The number of nitrogens with zero attached hydrogens (tertiary/aromatic N) is 3. The maximum absolute atomic E-state index is 12.0. The van der Waals surface area contributed by atoms with Gasteiger partial charge < -0.3 is 5.32 Å². The highest BCUT2D eigenvalue weighted by Gasteiger charge is 2.03. The topological polar surface area (TPSA) is 90.1 Å². The van der Waals surface area contributed by atoms with Gasteiger partial charge in [0.15, 0.2) is 0 Å². The van der Waals surface area contributed by atoms with E-state index in [-0.39, 0.29) is 11.6 Å². The van der Waals surface area contributed by atoms with E-state index in [4.69, 9.17) is 0 Å². The Hall–Kier alpha value is -3.74. The zero-order valence-corrected chi connectivity index (χ0v) is 13.1. The van der Waals surface area contributed by atoms with E-state index in [1.54, 1.807) is 41.2 Å². The first-order valence-corrected chi connectivity index (χ1v) is 7.45. The predicted octanol–water partition coefficient (Wildman–Crippen LogP) is 3.43. The van der Waals surface area contributed by atoms with Gasteiger partial charge in [0.1, 0.15) is 0 Å². The molecule has 0 aliphatic rings. The lowest BCUT2D eigenvalue weighted by Gasteiger charge is -2.05. The summed E-state index contributed by atoms with van der Waals surface area (Å²) in [5.74, 6) is -0.287. The van der Waals surface area contributed by atoms with Crippen molar-refractivity contribution in [3.05, 3.63) is 88.7 Å². The standard InChI is InChI=1S/C18H14N4O3/c23-18(11-4-14-2-7-17(8-3-14)22(24)25)20-15-5-9-16(10-6-15)21-13-1-12-19-21/h1-13H,(H,20,23)/b11-4+. The van der Waals surface area contributed by atoms with E-state index in [0.717, 1.165) is 5.69 Å². The summed E-state index contributed by atoms with van der Waals surface area (Å²) in [7, 11) is 0. The fourth-order valence-corrected chi connectivity index (χ4v) is 2.18. The average molecular weight is 334 g/mol. The number of hydrogen-bond acceptors (Lipinski definition) is 4. The molecule has 0 saturated carbocycles. The molecule has 1 amide bonds. The van der Waals surface area contributed by atoms with Gasteiger partial charge in [-0.2, -0.15) is 5.10 Å². The number of carbonyl (C=O) groups excluding carboxylic acids is 1. The second-order valence-corrected chi connectivity index (χ2v) is 5.17. The van der Waals surface area contributed by atoms with Gasteiger partial charge in [-0.05, 0) is 54.1 Å². The number of benzene rings is 2. The van der Waals surface area contributed by atoms with Gasteiger partial charge in [0.25, 0.3) is 5.69 Å². The van der Waals surface area contributed by atoms with Crippen molar-refractivity contribution in [2.45, 2.75) is 0 Å². The summed E-state index contributed by atoms with van der Waals surface area (Å²) in [6.45, 7) is 0. The van der Waals surface area contributed by atoms with Gasteiger partial charge in [-0.1, -0.05) is 0 Å². The molecule has 3 aromatic rings. The molecule has 25 heavy (non-hydrogen) atoms. The molecule has 0 spiro atoms. The van der Waals surface area contributed by atoms with Crippen molar-refractivity contribution in [1.29, 1.82) is 0 Å². The van der Waals surface area contributed by atoms with Gasteiger partial charge in [0, 0.05) is 36.3 Å². The van der Waals surface area contributed by atoms with Crippen molar-refractivity contribution in [2.75, 3.05) is 5.32 Å². The van der Waals surface area contributed by atoms with E-state index in [2.05, 4.69) is 10.4 Å². The average Bonchev–Trinajstić information content (AvgIpc) is 3.15. The normalized spacial score (nSPS) is 10.7. The van der Waals surface area contributed by atoms with Crippen molar-refractivity contribution in [3.63, 3.8) is 0 Å². The minimum Gasteiger partial charge on any atom is -0.323 e. The first-order chi connectivity index (χ1) is 12.1. The zero-order chi connectivity index (χ0) is 17.6. The molecule has 3 rings (SSSR count). The number of nitrogens with one attached hydrogen (secondary N) is 1. The highest BCUT2D eigenvalue weighted by molar-refractivity contribution is 6.01. The molecular formula is C18H14N4O3. The van der Waals surface area contributed by atoms with E-state index in [1.807, 2.05) is 24.4 Å². The summed E-state index contributed by atoms with van der Waals surface area (Å²) in [5.41, 5.74) is 2.27. The summed E-state index contributed by atoms with van der Waals surface area (Å²) < 4.78 is 1.72. The first kappa shape index (κ1) is 16.1. The summed E-state index contributed by atoms with van der Waals surface area (Å²) >= 11 is 0. The van der Waals surface area contributed by atoms with Crippen molar-refractivity contribution in [2.24, 2.45) is 0 Å². The lowest BCUT2D eigenvalue weighted by Crippen LogP contribution is -2.07. The van der Waals surface area contributed by atoms with E-state index < -0.39 is 4.92 Å². The lowest BCUT2D eigenvalue weighted by atomic mass is 10.2. The monoisotopic (exact) mass is 334 g/mol. The molecule has 1 heterocycles.